The number of nitrogens with zero attached hydrogens (tertiary/aromatic N) is 1. The first-order chi connectivity index (χ1) is 7.18. The Morgan fingerprint density at radius 3 is 2.87 bits per heavy atom. The van der Waals surface area contributed by atoms with E-state index in [4.69, 9.17) is 9.84 Å². The van der Waals surface area contributed by atoms with Crippen molar-refractivity contribution in [2.24, 2.45) is 4.99 Å². The molecule has 0 aromatic heterocycles. The summed E-state index contributed by atoms with van der Waals surface area (Å²) in [7, 11) is 0. The lowest BCUT2D eigenvalue weighted by atomic mass is 10.2. The van der Waals surface area contributed by atoms with Crippen LogP contribution in [0.25, 0.3) is 0 Å². The minimum Gasteiger partial charge on any atom is -0.478 e. The zero-order chi connectivity index (χ0) is 10.8. The fourth-order valence-electron chi connectivity index (χ4n) is 1.29. The van der Waals surface area contributed by atoms with Gasteiger partial charge in [-0.15, -0.1) is 0 Å². The number of halogens is 1. The van der Waals surface area contributed by atoms with E-state index >= 15 is 0 Å². The van der Waals surface area contributed by atoms with Crippen molar-refractivity contribution in [1.29, 1.82) is 0 Å². The average molecular weight is 270 g/mol. The molecule has 78 valence electrons. The molecule has 1 atom stereocenters. The van der Waals surface area contributed by atoms with Crippen molar-refractivity contribution in [2.75, 3.05) is 6.54 Å². The SMILES string of the molecule is O=C(O)C1CN=C(c2ccccc2Br)O1. The third-order valence-electron chi connectivity index (χ3n) is 2.03. The van der Waals surface area contributed by atoms with Gasteiger partial charge in [-0.25, -0.2) is 9.79 Å². The quantitative estimate of drug-likeness (QED) is 0.889. The van der Waals surface area contributed by atoms with Gasteiger partial charge in [-0.2, -0.15) is 0 Å². The highest BCUT2D eigenvalue weighted by molar-refractivity contribution is 9.10. The normalized spacial score (nSPS) is 19.5. The average Bonchev–Trinajstić information content (AvgIpc) is 2.67. The van der Waals surface area contributed by atoms with E-state index < -0.39 is 12.1 Å². The molecule has 0 spiro atoms. The molecule has 2 rings (SSSR count). The van der Waals surface area contributed by atoms with Crippen molar-refractivity contribution in [3.8, 4) is 0 Å². The number of benzene rings is 1. The first-order valence-electron chi connectivity index (χ1n) is 4.37. The summed E-state index contributed by atoms with van der Waals surface area (Å²) in [6.07, 6.45) is -0.855. The van der Waals surface area contributed by atoms with Crippen LogP contribution in [0.15, 0.2) is 33.7 Å². The molecule has 15 heavy (non-hydrogen) atoms. The Hall–Kier alpha value is -1.36. The van der Waals surface area contributed by atoms with Crippen LogP contribution in [0.4, 0.5) is 0 Å². The van der Waals surface area contributed by atoms with Gasteiger partial charge in [-0.3, -0.25) is 0 Å². The van der Waals surface area contributed by atoms with E-state index in [0.29, 0.717) is 5.90 Å². The van der Waals surface area contributed by atoms with E-state index in [9.17, 15) is 4.79 Å². The number of carboxylic acids is 1. The number of hydrogen-bond donors (Lipinski definition) is 1. The monoisotopic (exact) mass is 269 g/mol. The van der Waals surface area contributed by atoms with Crippen LogP contribution in [0.3, 0.4) is 0 Å². The van der Waals surface area contributed by atoms with Gasteiger partial charge in [0.2, 0.25) is 12.0 Å². The zero-order valence-electron chi connectivity index (χ0n) is 7.68. The Bertz CT molecular complexity index is 430. The molecule has 1 unspecified atom stereocenters. The Labute approximate surface area is 94.7 Å². The van der Waals surface area contributed by atoms with Gasteiger partial charge in [0.05, 0.1) is 12.1 Å². The summed E-state index contributed by atoms with van der Waals surface area (Å²) >= 11 is 3.35. The predicted molar refractivity (Wildman–Crippen MR) is 58.1 cm³/mol. The highest BCUT2D eigenvalue weighted by Crippen LogP contribution is 2.20. The highest BCUT2D eigenvalue weighted by atomic mass is 79.9. The van der Waals surface area contributed by atoms with Crippen LogP contribution in [0.1, 0.15) is 5.56 Å². The number of ether oxygens (including phenoxy) is 1. The molecule has 0 fully saturated rings. The van der Waals surface area contributed by atoms with Crippen LogP contribution in [-0.4, -0.2) is 29.6 Å². The molecule has 1 aliphatic heterocycles. The Morgan fingerprint density at radius 2 is 2.27 bits per heavy atom. The summed E-state index contributed by atoms with van der Waals surface area (Å²) < 4.78 is 6.05. The third-order valence-corrected chi connectivity index (χ3v) is 2.73. The first kappa shape index (κ1) is 10.2. The molecule has 0 radical (unpaired) electrons. The number of aliphatic imine (C=N–C) groups is 1. The molecular weight excluding hydrogens is 262 g/mol. The topological polar surface area (TPSA) is 58.9 Å². The van der Waals surface area contributed by atoms with Gasteiger partial charge in [0.25, 0.3) is 0 Å². The molecule has 1 aromatic carbocycles. The molecule has 1 heterocycles. The summed E-state index contributed by atoms with van der Waals surface area (Å²) in [5.41, 5.74) is 0.779. The summed E-state index contributed by atoms with van der Waals surface area (Å²) in [4.78, 5) is 14.7. The number of carboxylic acid groups (broad SMARTS) is 1. The zero-order valence-corrected chi connectivity index (χ0v) is 9.27. The molecule has 0 aliphatic carbocycles. The van der Waals surface area contributed by atoms with E-state index in [1.54, 1.807) is 0 Å². The lowest BCUT2D eigenvalue weighted by molar-refractivity contribution is -0.144. The lowest BCUT2D eigenvalue weighted by Gasteiger charge is -2.07. The van der Waals surface area contributed by atoms with Crippen molar-refractivity contribution in [1.82, 2.24) is 0 Å². The Balaban J connectivity index is 2.21. The minimum atomic E-state index is -0.985. The van der Waals surface area contributed by atoms with Crippen LogP contribution >= 0.6 is 15.9 Å². The predicted octanol–water partition coefficient (Wildman–Crippen LogP) is 1.68. The van der Waals surface area contributed by atoms with Gasteiger partial charge >= 0.3 is 5.97 Å². The molecule has 1 aromatic rings. The number of hydrogen-bond acceptors (Lipinski definition) is 3. The fourth-order valence-corrected chi connectivity index (χ4v) is 1.74. The van der Waals surface area contributed by atoms with E-state index in [0.717, 1.165) is 10.0 Å². The molecule has 4 nitrogen and oxygen atoms in total. The van der Waals surface area contributed by atoms with E-state index in [1.165, 1.54) is 0 Å². The second kappa shape index (κ2) is 4.02. The second-order valence-corrected chi connectivity index (χ2v) is 3.92. The lowest BCUT2D eigenvalue weighted by Crippen LogP contribution is -2.24. The summed E-state index contributed by atoms with van der Waals surface area (Å²) in [6.45, 7) is 0.173. The molecule has 0 amide bonds. The van der Waals surface area contributed by atoms with Gasteiger partial charge in [-0.1, -0.05) is 12.1 Å². The standard InChI is InChI=1S/C10H8BrNO3/c11-7-4-2-1-3-6(7)9-12-5-8(15-9)10(13)14/h1-4,8H,5H2,(H,13,14). The second-order valence-electron chi connectivity index (χ2n) is 3.07. The van der Waals surface area contributed by atoms with Gasteiger partial charge in [0, 0.05) is 4.47 Å². The van der Waals surface area contributed by atoms with E-state index in [2.05, 4.69) is 20.9 Å². The van der Waals surface area contributed by atoms with Crippen LogP contribution in [0.2, 0.25) is 0 Å². The van der Waals surface area contributed by atoms with E-state index in [1.807, 2.05) is 24.3 Å². The van der Waals surface area contributed by atoms with Crippen LogP contribution in [0.5, 0.6) is 0 Å². The smallest absolute Gasteiger partial charge is 0.346 e. The Kier molecular flexibility index (Phi) is 2.73. The van der Waals surface area contributed by atoms with Crippen molar-refractivity contribution in [3.63, 3.8) is 0 Å². The summed E-state index contributed by atoms with van der Waals surface area (Å²) in [5, 5.41) is 8.74. The largest absolute Gasteiger partial charge is 0.478 e. The number of rotatable bonds is 2. The summed E-state index contributed by atoms with van der Waals surface area (Å²) in [5.74, 6) is -0.601. The van der Waals surface area contributed by atoms with Crippen LogP contribution in [-0.2, 0) is 9.53 Å². The Morgan fingerprint density at radius 1 is 1.53 bits per heavy atom. The molecule has 0 bridgehead atoms. The van der Waals surface area contributed by atoms with Crippen molar-refractivity contribution in [3.05, 3.63) is 34.3 Å². The van der Waals surface area contributed by atoms with Crippen LogP contribution < -0.4 is 0 Å². The van der Waals surface area contributed by atoms with Crippen molar-refractivity contribution in [2.45, 2.75) is 6.10 Å². The van der Waals surface area contributed by atoms with Crippen LogP contribution in [0, 0.1) is 0 Å². The minimum absolute atomic E-state index is 0.173. The maximum Gasteiger partial charge on any atom is 0.346 e. The fraction of sp³-hybridized carbons (Fsp3) is 0.200. The first-order valence-corrected chi connectivity index (χ1v) is 5.16. The molecule has 0 saturated carbocycles. The number of aliphatic carboxylic acids is 1. The molecule has 0 saturated heterocycles. The molecular formula is C10H8BrNO3. The van der Waals surface area contributed by atoms with Crippen molar-refractivity contribution >= 4 is 27.8 Å². The molecule has 1 N–H and O–H groups in total. The molecule has 1 aliphatic rings. The van der Waals surface area contributed by atoms with Gasteiger partial charge in [-0.05, 0) is 28.1 Å². The van der Waals surface area contributed by atoms with E-state index in [-0.39, 0.29) is 6.54 Å². The number of carbonyl (C=O) groups is 1. The molecule has 5 heteroatoms. The summed E-state index contributed by atoms with van der Waals surface area (Å²) in [6, 6.07) is 7.40. The van der Waals surface area contributed by atoms with Gasteiger partial charge < -0.3 is 9.84 Å². The maximum atomic E-state index is 10.7. The highest BCUT2D eigenvalue weighted by Gasteiger charge is 2.27. The third kappa shape index (κ3) is 2.02. The van der Waals surface area contributed by atoms with Gasteiger partial charge in [0.1, 0.15) is 0 Å². The maximum absolute atomic E-state index is 10.7. The van der Waals surface area contributed by atoms with Crippen molar-refractivity contribution < 1.29 is 14.6 Å². The van der Waals surface area contributed by atoms with Gasteiger partial charge in [0.15, 0.2) is 0 Å².